The van der Waals surface area contributed by atoms with E-state index in [1.165, 1.54) is 5.56 Å². The molecule has 0 amide bonds. The third kappa shape index (κ3) is 4.39. The second-order valence-corrected chi connectivity index (χ2v) is 11.6. The van der Waals surface area contributed by atoms with Crippen LogP contribution in [0.5, 0.6) is 0 Å². The van der Waals surface area contributed by atoms with Crippen LogP contribution in [0.1, 0.15) is 63.4 Å². The molecule has 2 saturated heterocycles. The molecule has 2 aliphatic heterocycles. The number of aliphatic hydroxyl groups excluding tert-OH is 1. The molecule has 1 unspecified atom stereocenters. The lowest BCUT2D eigenvalue weighted by Crippen LogP contribution is -2.60. The van der Waals surface area contributed by atoms with Crippen molar-refractivity contribution >= 4 is 0 Å². The monoisotopic (exact) mass is 457 g/mol. The Kier molecular flexibility index (Phi) is 6.62. The van der Waals surface area contributed by atoms with Gasteiger partial charge in [0.25, 0.3) is 0 Å². The van der Waals surface area contributed by atoms with E-state index < -0.39 is 12.0 Å². The molecule has 0 radical (unpaired) electrons. The van der Waals surface area contributed by atoms with E-state index in [-0.39, 0.29) is 11.1 Å². The van der Waals surface area contributed by atoms with Crippen LogP contribution in [0.2, 0.25) is 0 Å². The highest BCUT2D eigenvalue weighted by molar-refractivity contribution is 5.27. The highest BCUT2D eigenvalue weighted by atomic mass is 16.5. The van der Waals surface area contributed by atoms with Gasteiger partial charge in [-0.15, -0.1) is 0 Å². The zero-order valence-corrected chi connectivity index (χ0v) is 20.6. The van der Waals surface area contributed by atoms with Gasteiger partial charge in [0.05, 0.1) is 5.60 Å². The van der Waals surface area contributed by atoms with E-state index in [9.17, 15) is 10.2 Å². The molecule has 1 aromatic carbocycles. The molecule has 2 saturated carbocycles. The predicted molar refractivity (Wildman–Crippen MR) is 130 cm³/mol. The lowest BCUT2D eigenvalue weighted by atomic mass is 9.67. The third-order valence-corrected chi connectivity index (χ3v) is 9.47. The van der Waals surface area contributed by atoms with Gasteiger partial charge in [-0.1, -0.05) is 30.3 Å². The number of hydrogen-bond acceptors (Lipinski definition) is 6. The largest absolute Gasteiger partial charge is 0.389 e. The number of rotatable bonds is 6. The SMILES string of the molecule is CN(C)C1(c2ccccc2)CCC2(CC1)CN(CC1CCOCC1)C(O)N2CC1(O)CCC1. The van der Waals surface area contributed by atoms with E-state index in [0.29, 0.717) is 12.5 Å². The smallest absolute Gasteiger partial charge is 0.166 e. The Morgan fingerprint density at radius 3 is 2.24 bits per heavy atom. The highest BCUT2D eigenvalue weighted by Crippen LogP contribution is 2.50. The average molecular weight is 458 g/mol. The second kappa shape index (κ2) is 9.21. The van der Waals surface area contributed by atoms with Crippen LogP contribution < -0.4 is 0 Å². The lowest BCUT2D eigenvalue weighted by Gasteiger charge is -2.53. The van der Waals surface area contributed by atoms with Crippen LogP contribution in [0.15, 0.2) is 30.3 Å². The molecular weight excluding hydrogens is 414 g/mol. The van der Waals surface area contributed by atoms with E-state index in [0.717, 1.165) is 84.1 Å². The van der Waals surface area contributed by atoms with Crippen molar-refractivity contribution in [2.45, 2.75) is 80.8 Å². The molecule has 33 heavy (non-hydrogen) atoms. The molecule has 6 nitrogen and oxygen atoms in total. The summed E-state index contributed by atoms with van der Waals surface area (Å²) in [5.41, 5.74) is 0.735. The number of hydrogen-bond donors (Lipinski definition) is 2. The van der Waals surface area contributed by atoms with Crippen LogP contribution in [0, 0.1) is 5.92 Å². The van der Waals surface area contributed by atoms with Crippen molar-refractivity contribution < 1.29 is 14.9 Å². The number of ether oxygens (including phenoxy) is 1. The van der Waals surface area contributed by atoms with E-state index in [1.807, 2.05) is 0 Å². The molecule has 2 N–H and O–H groups in total. The number of aliphatic hydroxyl groups is 2. The Balaban J connectivity index is 1.38. The van der Waals surface area contributed by atoms with Gasteiger partial charge in [-0.3, -0.25) is 14.7 Å². The van der Waals surface area contributed by atoms with Crippen molar-refractivity contribution in [1.82, 2.24) is 14.7 Å². The minimum absolute atomic E-state index is 0.0324. The topological polar surface area (TPSA) is 59.4 Å². The molecule has 0 aromatic heterocycles. The zero-order chi connectivity index (χ0) is 23.1. The summed E-state index contributed by atoms with van der Waals surface area (Å²) < 4.78 is 5.57. The summed E-state index contributed by atoms with van der Waals surface area (Å²) in [6, 6.07) is 10.9. The molecule has 184 valence electrons. The summed E-state index contributed by atoms with van der Waals surface area (Å²) in [5, 5.41) is 22.6. The number of benzene rings is 1. The Morgan fingerprint density at radius 2 is 1.67 bits per heavy atom. The molecule has 2 heterocycles. The zero-order valence-electron chi connectivity index (χ0n) is 20.6. The Labute approximate surface area is 199 Å². The maximum atomic E-state index is 11.5. The first kappa shape index (κ1) is 23.7. The maximum Gasteiger partial charge on any atom is 0.166 e. The predicted octanol–water partition coefficient (Wildman–Crippen LogP) is 2.99. The normalized spacial score (nSPS) is 35.8. The van der Waals surface area contributed by atoms with Gasteiger partial charge in [0, 0.05) is 43.9 Å². The van der Waals surface area contributed by atoms with Crippen molar-refractivity contribution in [3.8, 4) is 0 Å². The van der Waals surface area contributed by atoms with Crippen LogP contribution in [0.4, 0.5) is 0 Å². The van der Waals surface area contributed by atoms with Crippen molar-refractivity contribution in [2.75, 3.05) is 46.9 Å². The summed E-state index contributed by atoms with van der Waals surface area (Å²) >= 11 is 0. The highest BCUT2D eigenvalue weighted by Gasteiger charge is 2.56. The first-order chi connectivity index (χ1) is 15.9. The first-order valence-corrected chi connectivity index (χ1v) is 13.1. The van der Waals surface area contributed by atoms with Gasteiger partial charge >= 0.3 is 0 Å². The Morgan fingerprint density at radius 1 is 1.00 bits per heavy atom. The first-order valence-electron chi connectivity index (χ1n) is 13.1. The van der Waals surface area contributed by atoms with Crippen molar-refractivity contribution in [3.63, 3.8) is 0 Å². The molecule has 5 rings (SSSR count). The molecule has 4 fully saturated rings. The Hall–Kier alpha value is -1.02. The van der Waals surface area contributed by atoms with Crippen molar-refractivity contribution in [3.05, 3.63) is 35.9 Å². The van der Waals surface area contributed by atoms with Gasteiger partial charge in [0.1, 0.15) is 0 Å². The minimum atomic E-state index is -0.627. The number of β-amino-alcohol motifs (C(OH)–C–C–N with tert-alkyl or cyclic N) is 1. The Bertz CT molecular complexity index is 783. The van der Waals surface area contributed by atoms with Gasteiger partial charge in [0.15, 0.2) is 6.35 Å². The molecule has 2 aliphatic carbocycles. The van der Waals surface area contributed by atoms with Crippen molar-refractivity contribution in [1.29, 1.82) is 0 Å². The standard InChI is InChI=1S/C27H43N3O3/c1-28(2)27(23-7-4-3-5-8-23)15-13-25(14-16-27)20-29(19-22-9-17-33-18-10-22)24(31)30(25)21-26(32)11-6-12-26/h3-5,7-8,22,24,31-32H,6,9-21H2,1-2H3. The van der Waals surface area contributed by atoms with Gasteiger partial charge < -0.3 is 14.9 Å². The van der Waals surface area contributed by atoms with Crippen LogP contribution in [-0.2, 0) is 10.3 Å². The fourth-order valence-electron chi connectivity index (χ4n) is 7.04. The molecule has 6 heteroatoms. The average Bonchev–Trinajstić information content (AvgIpc) is 3.05. The fourth-order valence-corrected chi connectivity index (χ4v) is 7.04. The van der Waals surface area contributed by atoms with Crippen LogP contribution in [0.25, 0.3) is 0 Å². The van der Waals surface area contributed by atoms with Gasteiger partial charge in [0.2, 0.25) is 0 Å². The lowest BCUT2D eigenvalue weighted by molar-refractivity contribution is -0.146. The fraction of sp³-hybridized carbons (Fsp3) is 0.778. The van der Waals surface area contributed by atoms with E-state index in [4.69, 9.17) is 4.74 Å². The quantitative estimate of drug-likeness (QED) is 0.685. The third-order valence-electron chi connectivity index (χ3n) is 9.47. The molecular formula is C27H43N3O3. The van der Waals surface area contributed by atoms with Gasteiger partial charge in [-0.05, 0) is 83.4 Å². The molecule has 0 bridgehead atoms. The summed E-state index contributed by atoms with van der Waals surface area (Å²) in [6.07, 6.45) is 8.59. The van der Waals surface area contributed by atoms with Crippen LogP contribution >= 0.6 is 0 Å². The van der Waals surface area contributed by atoms with E-state index in [2.05, 4.69) is 59.1 Å². The molecule has 4 aliphatic rings. The summed E-state index contributed by atoms with van der Waals surface area (Å²) in [5.74, 6) is 0.589. The molecule has 1 spiro atoms. The molecule has 1 aromatic rings. The van der Waals surface area contributed by atoms with Crippen LogP contribution in [-0.4, -0.2) is 89.3 Å². The summed E-state index contributed by atoms with van der Waals surface area (Å²) in [4.78, 5) is 7.02. The van der Waals surface area contributed by atoms with Gasteiger partial charge in [-0.2, -0.15) is 0 Å². The van der Waals surface area contributed by atoms with Crippen LogP contribution in [0.3, 0.4) is 0 Å². The van der Waals surface area contributed by atoms with Crippen molar-refractivity contribution in [2.24, 2.45) is 5.92 Å². The second-order valence-electron chi connectivity index (χ2n) is 11.6. The minimum Gasteiger partial charge on any atom is -0.389 e. The maximum absolute atomic E-state index is 11.5. The number of nitrogens with zero attached hydrogens (tertiary/aromatic N) is 3. The van der Waals surface area contributed by atoms with E-state index >= 15 is 0 Å². The summed E-state index contributed by atoms with van der Waals surface area (Å²) in [6.45, 7) is 4.11. The summed E-state index contributed by atoms with van der Waals surface area (Å²) in [7, 11) is 4.42. The van der Waals surface area contributed by atoms with Gasteiger partial charge in [-0.25, -0.2) is 0 Å². The van der Waals surface area contributed by atoms with E-state index in [1.54, 1.807) is 0 Å². The molecule has 1 atom stereocenters.